The van der Waals surface area contributed by atoms with Gasteiger partial charge in [0.1, 0.15) is 0 Å². The SMILES string of the molecule is CC1CCC(C2C=CC(CC/C=C/C3CCC(c4ccc(C(C)O)c(F)c4F)CC3)CC2)CC1. The van der Waals surface area contributed by atoms with Crippen molar-refractivity contribution < 1.29 is 13.9 Å². The van der Waals surface area contributed by atoms with E-state index in [0.29, 0.717) is 11.5 Å². The second-order valence-corrected chi connectivity index (χ2v) is 11.6. The maximum atomic E-state index is 14.6. The zero-order valence-corrected chi connectivity index (χ0v) is 21.2. The van der Waals surface area contributed by atoms with Gasteiger partial charge in [-0.15, -0.1) is 0 Å². The predicted molar refractivity (Wildman–Crippen MR) is 137 cm³/mol. The number of hydrogen-bond donors (Lipinski definition) is 1. The zero-order valence-electron chi connectivity index (χ0n) is 21.2. The molecule has 0 saturated heterocycles. The average molecular weight is 471 g/mol. The van der Waals surface area contributed by atoms with E-state index >= 15 is 0 Å². The highest BCUT2D eigenvalue weighted by molar-refractivity contribution is 5.30. The molecule has 3 unspecified atom stereocenters. The van der Waals surface area contributed by atoms with Gasteiger partial charge >= 0.3 is 0 Å². The molecule has 0 bridgehead atoms. The number of rotatable bonds is 7. The van der Waals surface area contributed by atoms with Gasteiger partial charge in [0.05, 0.1) is 6.10 Å². The van der Waals surface area contributed by atoms with Crippen LogP contribution in [0.4, 0.5) is 8.78 Å². The first-order chi connectivity index (χ1) is 16.4. The van der Waals surface area contributed by atoms with Crippen LogP contribution in [0.15, 0.2) is 36.4 Å². The van der Waals surface area contributed by atoms with Gasteiger partial charge in [0.15, 0.2) is 11.6 Å². The maximum Gasteiger partial charge on any atom is 0.164 e. The molecule has 2 saturated carbocycles. The molecule has 0 spiro atoms. The summed E-state index contributed by atoms with van der Waals surface area (Å²) in [5.74, 6) is 2.42. The van der Waals surface area contributed by atoms with E-state index in [9.17, 15) is 13.9 Å². The normalized spacial score (nSPS) is 33.3. The van der Waals surface area contributed by atoms with Crippen LogP contribution in [0.5, 0.6) is 0 Å². The molecule has 1 aromatic carbocycles. The molecule has 3 heteroatoms. The lowest BCUT2D eigenvalue weighted by Crippen LogP contribution is -2.22. The third-order valence-electron chi connectivity index (χ3n) is 9.08. The third-order valence-corrected chi connectivity index (χ3v) is 9.08. The fraction of sp³-hybridized carbons (Fsp3) is 0.677. The van der Waals surface area contributed by atoms with Crippen molar-refractivity contribution in [2.75, 3.05) is 0 Å². The lowest BCUT2D eigenvalue weighted by atomic mass is 9.72. The molecule has 1 nitrogen and oxygen atoms in total. The fourth-order valence-electron chi connectivity index (χ4n) is 6.69. The number of benzene rings is 1. The number of aliphatic hydroxyl groups is 1. The average Bonchev–Trinajstić information content (AvgIpc) is 2.85. The molecule has 3 atom stereocenters. The Balaban J connectivity index is 1.18. The molecule has 0 aromatic heterocycles. The number of aliphatic hydroxyl groups excluding tert-OH is 1. The summed E-state index contributed by atoms with van der Waals surface area (Å²) in [5.41, 5.74) is 0.527. The van der Waals surface area contributed by atoms with Crippen molar-refractivity contribution in [3.8, 4) is 0 Å². The number of hydrogen-bond acceptors (Lipinski definition) is 1. The molecule has 0 radical (unpaired) electrons. The molecular formula is C31H44F2O. The minimum absolute atomic E-state index is 0.0461. The minimum atomic E-state index is -0.990. The van der Waals surface area contributed by atoms with E-state index in [-0.39, 0.29) is 11.5 Å². The van der Waals surface area contributed by atoms with Crippen LogP contribution in [0, 0.1) is 41.2 Å². The first kappa shape index (κ1) is 25.6. The smallest absolute Gasteiger partial charge is 0.164 e. The molecule has 3 aliphatic carbocycles. The van der Waals surface area contributed by atoms with Crippen LogP contribution in [0.3, 0.4) is 0 Å². The van der Waals surface area contributed by atoms with E-state index in [1.54, 1.807) is 12.1 Å². The summed E-state index contributed by atoms with van der Waals surface area (Å²) in [7, 11) is 0. The van der Waals surface area contributed by atoms with Gasteiger partial charge in [0.2, 0.25) is 0 Å². The second-order valence-electron chi connectivity index (χ2n) is 11.6. The first-order valence-electron chi connectivity index (χ1n) is 13.9. The van der Waals surface area contributed by atoms with Crippen molar-refractivity contribution in [3.05, 3.63) is 59.2 Å². The monoisotopic (exact) mass is 470 g/mol. The van der Waals surface area contributed by atoms with Crippen LogP contribution in [-0.2, 0) is 0 Å². The van der Waals surface area contributed by atoms with E-state index in [1.807, 2.05) is 0 Å². The van der Waals surface area contributed by atoms with Crippen molar-refractivity contribution in [1.29, 1.82) is 0 Å². The van der Waals surface area contributed by atoms with Gasteiger partial charge < -0.3 is 5.11 Å². The summed E-state index contributed by atoms with van der Waals surface area (Å²) in [6.07, 6.45) is 23.5. The van der Waals surface area contributed by atoms with Gasteiger partial charge in [-0.1, -0.05) is 56.2 Å². The Morgan fingerprint density at radius 3 is 2.29 bits per heavy atom. The summed E-state index contributed by atoms with van der Waals surface area (Å²) in [5, 5.41) is 9.61. The molecule has 0 amide bonds. The maximum absolute atomic E-state index is 14.6. The predicted octanol–water partition coefficient (Wildman–Crippen LogP) is 9.04. The Bertz CT molecular complexity index is 841. The third kappa shape index (κ3) is 6.39. The minimum Gasteiger partial charge on any atom is -0.389 e. The molecule has 34 heavy (non-hydrogen) atoms. The lowest BCUT2D eigenvalue weighted by molar-refractivity contribution is 0.192. The van der Waals surface area contributed by atoms with Crippen molar-refractivity contribution in [2.24, 2.45) is 29.6 Å². The summed E-state index contributed by atoms with van der Waals surface area (Å²) in [6, 6.07) is 3.22. The van der Waals surface area contributed by atoms with Crippen LogP contribution in [0.2, 0.25) is 0 Å². The number of allylic oxidation sites excluding steroid dienone is 4. The molecule has 3 aliphatic rings. The molecular weight excluding hydrogens is 426 g/mol. The first-order valence-corrected chi connectivity index (χ1v) is 13.9. The zero-order chi connectivity index (χ0) is 24.1. The topological polar surface area (TPSA) is 20.2 Å². The molecule has 1 aromatic rings. The Morgan fingerprint density at radius 2 is 1.65 bits per heavy atom. The second kappa shape index (κ2) is 12.0. The summed E-state index contributed by atoms with van der Waals surface area (Å²) < 4.78 is 28.9. The Hall–Kier alpha value is -1.48. The summed E-state index contributed by atoms with van der Waals surface area (Å²) in [4.78, 5) is 0. The molecule has 2 fully saturated rings. The number of halogens is 2. The summed E-state index contributed by atoms with van der Waals surface area (Å²) >= 11 is 0. The van der Waals surface area contributed by atoms with Crippen molar-refractivity contribution in [3.63, 3.8) is 0 Å². The van der Waals surface area contributed by atoms with Gasteiger partial charge in [-0.2, -0.15) is 0 Å². The van der Waals surface area contributed by atoms with Crippen LogP contribution in [0.1, 0.15) is 114 Å². The highest BCUT2D eigenvalue weighted by atomic mass is 19.2. The standard InChI is InChI=1S/C31H44F2O/c1-21-7-13-25(14-8-21)26-15-9-23(10-16-26)5-3-4-6-24-11-17-27(18-12-24)29-20-19-28(22(2)34)30(32)31(29)33/h4,6,9,15,19-27,34H,3,5,7-8,10-14,16-18H2,1-2H3/b6-4+. The van der Waals surface area contributed by atoms with Gasteiger partial charge in [0, 0.05) is 5.56 Å². The molecule has 188 valence electrons. The highest BCUT2D eigenvalue weighted by Crippen LogP contribution is 2.40. The van der Waals surface area contributed by atoms with Gasteiger partial charge in [-0.05, 0) is 112 Å². The van der Waals surface area contributed by atoms with E-state index in [4.69, 9.17) is 0 Å². The van der Waals surface area contributed by atoms with Crippen LogP contribution in [0.25, 0.3) is 0 Å². The van der Waals surface area contributed by atoms with Crippen molar-refractivity contribution in [2.45, 2.75) is 103 Å². The van der Waals surface area contributed by atoms with Crippen LogP contribution >= 0.6 is 0 Å². The highest BCUT2D eigenvalue weighted by Gasteiger charge is 2.28. The molecule has 0 heterocycles. The van der Waals surface area contributed by atoms with E-state index in [0.717, 1.165) is 55.8 Å². The van der Waals surface area contributed by atoms with Gasteiger partial charge in [-0.3, -0.25) is 0 Å². The quantitative estimate of drug-likeness (QED) is 0.394. The molecule has 4 rings (SSSR count). The van der Waals surface area contributed by atoms with Crippen LogP contribution in [-0.4, -0.2) is 5.11 Å². The van der Waals surface area contributed by atoms with Gasteiger partial charge in [0.25, 0.3) is 0 Å². The van der Waals surface area contributed by atoms with E-state index in [2.05, 4.69) is 31.2 Å². The lowest BCUT2D eigenvalue weighted by Gasteiger charge is -2.34. The van der Waals surface area contributed by atoms with E-state index in [1.165, 1.54) is 51.9 Å². The van der Waals surface area contributed by atoms with Gasteiger partial charge in [-0.25, -0.2) is 8.78 Å². The molecule has 0 aliphatic heterocycles. The van der Waals surface area contributed by atoms with Crippen LogP contribution < -0.4 is 0 Å². The Morgan fingerprint density at radius 1 is 0.912 bits per heavy atom. The van der Waals surface area contributed by atoms with Crippen molar-refractivity contribution >= 4 is 0 Å². The van der Waals surface area contributed by atoms with Crippen molar-refractivity contribution in [1.82, 2.24) is 0 Å². The fourth-order valence-corrected chi connectivity index (χ4v) is 6.69. The molecule has 1 N–H and O–H groups in total. The Kier molecular flexibility index (Phi) is 9.02. The largest absolute Gasteiger partial charge is 0.389 e. The summed E-state index contributed by atoms with van der Waals surface area (Å²) in [6.45, 7) is 3.87. The van der Waals surface area contributed by atoms with E-state index < -0.39 is 17.7 Å². The Labute approximate surface area is 205 Å².